The number of methoxy groups -OCH3 is 1. The van der Waals surface area contributed by atoms with E-state index in [4.69, 9.17) is 14.2 Å². The number of ether oxygens (including phenoxy) is 3. The number of hydrogen-bond donors (Lipinski definition) is 1. The van der Waals surface area contributed by atoms with E-state index < -0.39 is 17.7 Å². The summed E-state index contributed by atoms with van der Waals surface area (Å²) in [5.74, 6) is 0.0951. The van der Waals surface area contributed by atoms with Crippen molar-refractivity contribution >= 4 is 17.4 Å². The number of nitrogens with zero attached hydrogens (tertiary/aromatic N) is 2. The van der Waals surface area contributed by atoms with Crippen molar-refractivity contribution in [3.63, 3.8) is 0 Å². The lowest BCUT2D eigenvalue weighted by molar-refractivity contribution is -0.140. The van der Waals surface area contributed by atoms with Crippen LogP contribution in [0.3, 0.4) is 0 Å². The molecular weight excluding hydrogens is 532 g/mol. The van der Waals surface area contributed by atoms with Gasteiger partial charge in [-0.15, -0.1) is 0 Å². The fourth-order valence-corrected chi connectivity index (χ4v) is 4.90. The minimum atomic E-state index is -0.791. The van der Waals surface area contributed by atoms with Gasteiger partial charge in [0.15, 0.2) is 11.5 Å². The minimum absolute atomic E-state index is 0.0360. The van der Waals surface area contributed by atoms with E-state index in [1.807, 2.05) is 50.2 Å². The van der Waals surface area contributed by atoms with Crippen LogP contribution in [0.2, 0.25) is 0 Å². The molecular formula is C34H40N2O6. The molecule has 1 saturated heterocycles. The zero-order valence-corrected chi connectivity index (χ0v) is 25.1. The number of ketones is 1. The Hall–Kier alpha value is -4.30. The number of rotatable bonds is 13. The first kappa shape index (κ1) is 30.7. The molecule has 1 atom stereocenters. The average molecular weight is 573 g/mol. The molecule has 3 aromatic rings. The van der Waals surface area contributed by atoms with E-state index in [-0.39, 0.29) is 11.3 Å². The molecule has 4 rings (SSSR count). The largest absolute Gasteiger partial charge is 0.507 e. The van der Waals surface area contributed by atoms with Gasteiger partial charge in [0.2, 0.25) is 0 Å². The van der Waals surface area contributed by atoms with E-state index in [1.54, 1.807) is 43.5 Å². The predicted molar refractivity (Wildman–Crippen MR) is 163 cm³/mol. The Balaban J connectivity index is 1.67. The van der Waals surface area contributed by atoms with Crippen molar-refractivity contribution in [3.8, 4) is 17.2 Å². The lowest BCUT2D eigenvalue weighted by Crippen LogP contribution is -2.35. The summed E-state index contributed by atoms with van der Waals surface area (Å²) >= 11 is 0. The number of aliphatic hydroxyl groups excluding tert-OH is 1. The molecule has 1 aliphatic rings. The monoisotopic (exact) mass is 572 g/mol. The molecule has 0 aromatic heterocycles. The highest BCUT2D eigenvalue weighted by Gasteiger charge is 2.46. The third-order valence-corrected chi connectivity index (χ3v) is 7.20. The molecule has 3 aromatic carbocycles. The highest BCUT2D eigenvalue weighted by Crippen LogP contribution is 2.42. The number of carbonyl (C=O) groups is 2. The summed E-state index contributed by atoms with van der Waals surface area (Å²) in [6, 6.07) is 19.5. The molecule has 1 N–H and O–H groups in total. The van der Waals surface area contributed by atoms with Gasteiger partial charge in [0, 0.05) is 18.7 Å². The Morgan fingerprint density at radius 1 is 0.976 bits per heavy atom. The van der Waals surface area contributed by atoms with Crippen LogP contribution in [0.4, 0.5) is 0 Å². The second kappa shape index (κ2) is 14.0. The standard InChI is InChI=1S/C34H40N2O6/c1-6-7-19-41-28-16-13-26(21-29(28)40-5)31-30(33(38)34(39)36(31)18-17-35(3)4)32(37)25-11-14-27(15-12-25)42-22-24-10-8-9-23(2)20-24/h8-16,20-21,31,37H,6-7,17-19,22H2,1-5H3/b32-30+. The van der Waals surface area contributed by atoms with Crippen molar-refractivity contribution in [1.29, 1.82) is 0 Å². The van der Waals surface area contributed by atoms with Gasteiger partial charge in [-0.3, -0.25) is 9.59 Å². The van der Waals surface area contributed by atoms with E-state index in [2.05, 4.69) is 13.0 Å². The maximum Gasteiger partial charge on any atom is 0.295 e. The Labute approximate surface area is 248 Å². The van der Waals surface area contributed by atoms with Crippen molar-refractivity contribution in [2.24, 2.45) is 0 Å². The second-order valence-electron chi connectivity index (χ2n) is 10.7. The predicted octanol–water partition coefficient (Wildman–Crippen LogP) is 5.74. The van der Waals surface area contributed by atoms with Crippen molar-refractivity contribution in [2.75, 3.05) is 40.9 Å². The summed E-state index contributed by atoms with van der Waals surface area (Å²) in [6.07, 6.45) is 1.91. The van der Waals surface area contributed by atoms with Crippen LogP contribution in [-0.4, -0.2) is 67.5 Å². The fourth-order valence-electron chi connectivity index (χ4n) is 4.90. The quantitative estimate of drug-likeness (QED) is 0.121. The third kappa shape index (κ3) is 7.12. The first-order valence-electron chi connectivity index (χ1n) is 14.3. The van der Waals surface area contributed by atoms with Crippen molar-refractivity contribution in [1.82, 2.24) is 9.80 Å². The molecule has 0 saturated carbocycles. The van der Waals surface area contributed by atoms with Crippen LogP contribution in [0.5, 0.6) is 17.2 Å². The molecule has 8 nitrogen and oxygen atoms in total. The van der Waals surface area contributed by atoms with Crippen LogP contribution in [0, 0.1) is 6.92 Å². The third-order valence-electron chi connectivity index (χ3n) is 7.20. The lowest BCUT2D eigenvalue weighted by Gasteiger charge is -2.27. The molecule has 1 aliphatic heterocycles. The first-order valence-corrected chi connectivity index (χ1v) is 14.3. The number of aryl methyl sites for hydroxylation is 1. The zero-order valence-electron chi connectivity index (χ0n) is 25.1. The maximum absolute atomic E-state index is 13.4. The van der Waals surface area contributed by atoms with Crippen LogP contribution in [0.25, 0.3) is 5.76 Å². The van der Waals surface area contributed by atoms with Gasteiger partial charge < -0.3 is 29.1 Å². The topological polar surface area (TPSA) is 88.5 Å². The number of benzene rings is 3. The van der Waals surface area contributed by atoms with E-state index in [9.17, 15) is 14.7 Å². The van der Waals surface area contributed by atoms with Crippen molar-refractivity contribution < 1.29 is 28.9 Å². The molecule has 8 heteroatoms. The molecule has 0 bridgehead atoms. The van der Waals surface area contributed by atoms with Gasteiger partial charge in [0.1, 0.15) is 18.1 Å². The van der Waals surface area contributed by atoms with Gasteiger partial charge in [0.05, 0.1) is 25.3 Å². The van der Waals surface area contributed by atoms with E-state index in [0.717, 1.165) is 24.0 Å². The summed E-state index contributed by atoms with van der Waals surface area (Å²) in [7, 11) is 5.36. The number of likely N-dealkylation sites (tertiary alicyclic amines) is 1. The number of aliphatic hydroxyl groups is 1. The molecule has 1 heterocycles. The molecule has 1 unspecified atom stereocenters. The van der Waals surface area contributed by atoms with E-state index >= 15 is 0 Å². The normalized spacial score (nSPS) is 16.2. The van der Waals surface area contributed by atoms with E-state index in [1.165, 1.54) is 4.90 Å². The highest BCUT2D eigenvalue weighted by molar-refractivity contribution is 6.46. The Morgan fingerprint density at radius 3 is 2.40 bits per heavy atom. The maximum atomic E-state index is 13.4. The van der Waals surface area contributed by atoms with Gasteiger partial charge in [-0.25, -0.2) is 0 Å². The summed E-state index contributed by atoms with van der Waals surface area (Å²) < 4.78 is 17.4. The number of hydrogen-bond acceptors (Lipinski definition) is 7. The number of amides is 1. The SMILES string of the molecule is CCCCOc1ccc(C2/C(=C(\O)c3ccc(OCc4cccc(C)c4)cc3)C(=O)C(=O)N2CCN(C)C)cc1OC. The smallest absolute Gasteiger partial charge is 0.295 e. The van der Waals surface area contributed by atoms with Crippen molar-refractivity contribution in [3.05, 3.63) is 94.6 Å². The molecule has 0 aliphatic carbocycles. The fraction of sp³-hybridized carbons (Fsp3) is 0.353. The number of Topliss-reactive ketones (excluding diaryl/α,β-unsaturated/α-hetero) is 1. The molecule has 1 amide bonds. The van der Waals surface area contributed by atoms with E-state index in [0.29, 0.717) is 54.7 Å². The van der Waals surface area contributed by atoms with Gasteiger partial charge in [-0.1, -0.05) is 49.2 Å². The van der Waals surface area contributed by atoms with Gasteiger partial charge in [0.25, 0.3) is 11.7 Å². The van der Waals surface area contributed by atoms with Gasteiger partial charge in [-0.05, 0) is 75.0 Å². The lowest BCUT2D eigenvalue weighted by atomic mass is 9.95. The van der Waals surface area contributed by atoms with Crippen LogP contribution >= 0.6 is 0 Å². The number of unbranched alkanes of at least 4 members (excludes halogenated alkanes) is 1. The van der Waals surface area contributed by atoms with Crippen LogP contribution in [-0.2, 0) is 16.2 Å². The number of likely N-dealkylation sites (N-methyl/N-ethyl adjacent to an activating group) is 1. The van der Waals surface area contributed by atoms with Gasteiger partial charge >= 0.3 is 0 Å². The minimum Gasteiger partial charge on any atom is -0.507 e. The Bertz CT molecular complexity index is 1430. The van der Waals surface area contributed by atoms with Crippen LogP contribution in [0.15, 0.2) is 72.3 Å². The van der Waals surface area contributed by atoms with Gasteiger partial charge in [-0.2, -0.15) is 0 Å². The summed E-state index contributed by atoms with van der Waals surface area (Å²) in [4.78, 5) is 30.1. The molecule has 222 valence electrons. The first-order chi connectivity index (χ1) is 20.2. The highest BCUT2D eigenvalue weighted by atomic mass is 16.5. The van der Waals surface area contributed by atoms with Crippen molar-refractivity contribution in [2.45, 2.75) is 39.3 Å². The Morgan fingerprint density at radius 2 is 1.74 bits per heavy atom. The van der Waals surface area contributed by atoms with Crippen LogP contribution in [0.1, 0.15) is 48.1 Å². The second-order valence-corrected chi connectivity index (χ2v) is 10.7. The number of carbonyl (C=O) groups excluding carboxylic acids is 2. The summed E-state index contributed by atoms with van der Waals surface area (Å²) in [5, 5.41) is 11.5. The average Bonchev–Trinajstić information content (AvgIpc) is 3.24. The van der Waals surface area contributed by atoms with Crippen LogP contribution < -0.4 is 14.2 Å². The molecule has 0 spiro atoms. The zero-order chi connectivity index (χ0) is 30.2. The Kier molecular flexibility index (Phi) is 10.3. The molecule has 42 heavy (non-hydrogen) atoms. The molecule has 1 fully saturated rings. The summed E-state index contributed by atoms with van der Waals surface area (Å²) in [6.45, 7) is 5.94. The summed E-state index contributed by atoms with van der Waals surface area (Å²) in [5.41, 5.74) is 3.31. The molecule has 0 radical (unpaired) electrons.